The van der Waals surface area contributed by atoms with Crippen molar-refractivity contribution in [3.05, 3.63) is 39.9 Å². The second kappa shape index (κ2) is 7.16. The van der Waals surface area contributed by atoms with E-state index in [0.717, 1.165) is 5.56 Å². The number of nitrogens with zero attached hydrogens (tertiary/aromatic N) is 1. The second-order valence-corrected chi connectivity index (χ2v) is 6.96. The minimum Gasteiger partial charge on any atom is -0.394 e. The van der Waals surface area contributed by atoms with Crippen molar-refractivity contribution in [2.24, 2.45) is 0 Å². The van der Waals surface area contributed by atoms with Gasteiger partial charge in [-0.2, -0.15) is 0 Å². The molecule has 2 aliphatic rings. The summed E-state index contributed by atoms with van der Waals surface area (Å²) in [5, 5.41) is 41.0. The van der Waals surface area contributed by atoms with E-state index in [1.54, 1.807) is 26.0 Å². The molecule has 2 heterocycles. The highest BCUT2D eigenvalue weighted by atomic mass is 16.8. The van der Waals surface area contributed by atoms with Crippen molar-refractivity contribution in [3.8, 4) is 11.8 Å². The normalized spacial score (nSPS) is 32.4. The highest BCUT2D eigenvalue weighted by molar-refractivity contribution is 5.35. The standard InChI is InChI=1S/C18H21NO8/c1-17(2)26-15-16(27-17)25-14(13(21)10-20)18(15,22)9-3-4-11-5-7-12(8-6-11)19(23)24/h5-8,13-16,20-22H,4,10H2,1-2H3/t13-,14-,15+,16-,18-/m1/s1. The molecule has 1 aromatic rings. The third-order valence-electron chi connectivity index (χ3n) is 4.47. The van der Waals surface area contributed by atoms with E-state index >= 15 is 0 Å². The molecule has 0 radical (unpaired) electrons. The number of aliphatic hydroxyl groups is 3. The van der Waals surface area contributed by atoms with Gasteiger partial charge in [-0.1, -0.05) is 24.0 Å². The topological polar surface area (TPSA) is 132 Å². The maximum Gasteiger partial charge on any atom is 0.269 e. The fraction of sp³-hybridized carbons (Fsp3) is 0.556. The molecule has 1 aromatic carbocycles. The SMILES string of the molecule is CC1(C)O[C@H]2O[C@H]([C@H](O)CO)[C@](O)(C#CCc3ccc([N+](=O)[O-])cc3)[C@H]2O1. The Labute approximate surface area is 155 Å². The highest BCUT2D eigenvalue weighted by Crippen LogP contribution is 2.43. The zero-order valence-electron chi connectivity index (χ0n) is 14.9. The maximum absolute atomic E-state index is 11.1. The molecule has 0 saturated carbocycles. The van der Waals surface area contributed by atoms with Crippen LogP contribution in [0.4, 0.5) is 5.69 Å². The van der Waals surface area contributed by atoms with Gasteiger partial charge < -0.3 is 29.5 Å². The van der Waals surface area contributed by atoms with Crippen LogP contribution in [0.15, 0.2) is 24.3 Å². The number of benzene rings is 1. The molecular weight excluding hydrogens is 358 g/mol. The first-order valence-electron chi connectivity index (χ1n) is 8.42. The van der Waals surface area contributed by atoms with Crippen LogP contribution in [0.2, 0.25) is 0 Å². The fourth-order valence-corrected chi connectivity index (χ4v) is 3.18. The summed E-state index contributed by atoms with van der Waals surface area (Å²) in [4.78, 5) is 10.2. The van der Waals surface area contributed by atoms with Gasteiger partial charge in [-0.15, -0.1) is 0 Å². The van der Waals surface area contributed by atoms with E-state index in [0.29, 0.717) is 0 Å². The summed E-state index contributed by atoms with van der Waals surface area (Å²) in [7, 11) is 0. The molecule has 2 fully saturated rings. The number of hydrogen-bond donors (Lipinski definition) is 3. The first kappa shape index (κ1) is 19.7. The molecule has 0 spiro atoms. The fourth-order valence-electron chi connectivity index (χ4n) is 3.18. The van der Waals surface area contributed by atoms with Crippen LogP contribution in [0.5, 0.6) is 0 Å². The summed E-state index contributed by atoms with van der Waals surface area (Å²) in [6, 6.07) is 5.89. The first-order chi connectivity index (χ1) is 12.7. The van der Waals surface area contributed by atoms with E-state index in [1.165, 1.54) is 12.1 Å². The molecule has 5 atom stereocenters. The zero-order valence-corrected chi connectivity index (χ0v) is 14.9. The largest absolute Gasteiger partial charge is 0.394 e. The van der Waals surface area contributed by atoms with Crippen LogP contribution in [0, 0.1) is 22.0 Å². The monoisotopic (exact) mass is 379 g/mol. The van der Waals surface area contributed by atoms with E-state index in [-0.39, 0.29) is 12.1 Å². The molecule has 3 rings (SSSR count). The van der Waals surface area contributed by atoms with Crippen LogP contribution in [-0.2, 0) is 20.6 Å². The molecule has 146 valence electrons. The average molecular weight is 379 g/mol. The van der Waals surface area contributed by atoms with Gasteiger partial charge in [-0.05, 0) is 19.4 Å². The minimum absolute atomic E-state index is 0.0257. The van der Waals surface area contributed by atoms with Gasteiger partial charge in [0, 0.05) is 18.6 Å². The van der Waals surface area contributed by atoms with Gasteiger partial charge in [0.15, 0.2) is 23.8 Å². The van der Waals surface area contributed by atoms with Gasteiger partial charge in [0.1, 0.15) is 12.2 Å². The lowest BCUT2D eigenvalue weighted by Gasteiger charge is -2.31. The number of hydrogen-bond acceptors (Lipinski definition) is 8. The van der Waals surface area contributed by atoms with Crippen LogP contribution in [0.1, 0.15) is 19.4 Å². The Morgan fingerprint density at radius 3 is 2.56 bits per heavy atom. The Hall–Kier alpha value is -2.06. The number of rotatable bonds is 4. The summed E-state index contributed by atoms with van der Waals surface area (Å²) < 4.78 is 16.8. The molecule has 0 aromatic heterocycles. The van der Waals surface area contributed by atoms with E-state index in [1.807, 2.05) is 0 Å². The number of aliphatic hydroxyl groups excluding tert-OH is 2. The van der Waals surface area contributed by atoms with Crippen LogP contribution in [0.25, 0.3) is 0 Å². The molecule has 2 saturated heterocycles. The lowest BCUT2D eigenvalue weighted by molar-refractivity contribution is -0.384. The predicted octanol–water partition coefficient (Wildman–Crippen LogP) is 0.101. The number of nitro groups is 1. The van der Waals surface area contributed by atoms with Crippen LogP contribution < -0.4 is 0 Å². The third-order valence-corrected chi connectivity index (χ3v) is 4.47. The van der Waals surface area contributed by atoms with E-state index in [9.17, 15) is 25.4 Å². The second-order valence-electron chi connectivity index (χ2n) is 6.96. The molecule has 9 nitrogen and oxygen atoms in total. The van der Waals surface area contributed by atoms with Crippen LogP contribution >= 0.6 is 0 Å². The summed E-state index contributed by atoms with van der Waals surface area (Å²) in [6.07, 6.45) is -4.25. The van der Waals surface area contributed by atoms with Crippen LogP contribution in [-0.4, -0.2) is 62.8 Å². The Morgan fingerprint density at radius 1 is 1.30 bits per heavy atom. The molecule has 0 unspecified atom stereocenters. The molecule has 0 aliphatic carbocycles. The van der Waals surface area contributed by atoms with Gasteiger partial charge >= 0.3 is 0 Å². The molecular formula is C18H21NO8. The Bertz CT molecular complexity index is 768. The van der Waals surface area contributed by atoms with Gasteiger partial charge in [0.2, 0.25) is 0 Å². The Balaban J connectivity index is 1.81. The quantitative estimate of drug-likeness (QED) is 0.381. The number of nitro benzene ring substituents is 1. The lowest BCUT2D eigenvalue weighted by Crippen LogP contribution is -2.53. The predicted molar refractivity (Wildman–Crippen MR) is 91.3 cm³/mol. The smallest absolute Gasteiger partial charge is 0.269 e. The van der Waals surface area contributed by atoms with E-state index in [2.05, 4.69) is 11.8 Å². The number of ether oxygens (including phenoxy) is 3. The van der Waals surface area contributed by atoms with Crippen LogP contribution in [0.3, 0.4) is 0 Å². The Morgan fingerprint density at radius 2 is 1.96 bits per heavy atom. The van der Waals surface area contributed by atoms with Crippen molar-refractivity contribution in [2.75, 3.05) is 6.61 Å². The molecule has 0 amide bonds. The van der Waals surface area contributed by atoms with Gasteiger partial charge in [0.05, 0.1) is 11.5 Å². The van der Waals surface area contributed by atoms with Crippen molar-refractivity contribution in [1.29, 1.82) is 0 Å². The lowest BCUT2D eigenvalue weighted by atomic mass is 9.89. The van der Waals surface area contributed by atoms with Crippen molar-refractivity contribution < 1.29 is 34.5 Å². The van der Waals surface area contributed by atoms with Crippen molar-refractivity contribution in [3.63, 3.8) is 0 Å². The molecule has 3 N–H and O–H groups in total. The third kappa shape index (κ3) is 3.82. The summed E-state index contributed by atoms with van der Waals surface area (Å²) >= 11 is 0. The highest BCUT2D eigenvalue weighted by Gasteiger charge is 2.64. The van der Waals surface area contributed by atoms with Gasteiger partial charge in [-0.25, -0.2) is 0 Å². The number of non-ortho nitro benzene ring substituents is 1. The molecule has 27 heavy (non-hydrogen) atoms. The summed E-state index contributed by atoms with van der Waals surface area (Å²) in [6.45, 7) is 2.70. The van der Waals surface area contributed by atoms with Crippen molar-refractivity contribution in [1.82, 2.24) is 0 Å². The summed E-state index contributed by atoms with van der Waals surface area (Å²) in [5.74, 6) is 4.50. The van der Waals surface area contributed by atoms with Crippen molar-refractivity contribution in [2.45, 2.75) is 56.3 Å². The number of fused-ring (bicyclic) bond motifs is 1. The molecule has 9 heteroatoms. The van der Waals surface area contributed by atoms with Gasteiger partial charge in [-0.3, -0.25) is 10.1 Å². The molecule has 2 aliphatic heterocycles. The maximum atomic E-state index is 11.1. The minimum atomic E-state index is -1.89. The first-order valence-corrected chi connectivity index (χ1v) is 8.42. The summed E-state index contributed by atoms with van der Waals surface area (Å²) in [5.41, 5.74) is -1.20. The molecule has 0 bridgehead atoms. The average Bonchev–Trinajstić information content (AvgIpc) is 3.06. The van der Waals surface area contributed by atoms with Crippen molar-refractivity contribution >= 4 is 5.69 Å². The van der Waals surface area contributed by atoms with E-state index in [4.69, 9.17) is 14.2 Å². The van der Waals surface area contributed by atoms with E-state index < -0.39 is 47.5 Å². The Kier molecular flexibility index (Phi) is 5.22. The zero-order chi connectivity index (χ0) is 19.8. The van der Waals surface area contributed by atoms with Gasteiger partial charge in [0.25, 0.3) is 5.69 Å².